The third kappa shape index (κ3) is 2.86. The summed E-state index contributed by atoms with van der Waals surface area (Å²) >= 11 is 0. The van der Waals surface area contributed by atoms with Crippen LogP contribution in [0.15, 0.2) is 24.3 Å². The maximum Gasteiger partial charge on any atom is 0.142 e. The van der Waals surface area contributed by atoms with Gasteiger partial charge in [-0.1, -0.05) is 12.1 Å². The number of para-hydroxylation sites is 2. The Hall–Kier alpha value is -1.22. The molecule has 3 fully saturated rings. The maximum absolute atomic E-state index is 5.89. The summed E-state index contributed by atoms with van der Waals surface area (Å²) in [4.78, 5) is 2.57. The van der Waals surface area contributed by atoms with Gasteiger partial charge in [0, 0.05) is 12.6 Å². The van der Waals surface area contributed by atoms with Gasteiger partial charge in [0.15, 0.2) is 0 Å². The fourth-order valence-electron chi connectivity index (χ4n) is 3.27. The lowest BCUT2D eigenvalue weighted by Crippen LogP contribution is -2.53. The lowest BCUT2D eigenvalue weighted by Gasteiger charge is -2.45. The van der Waals surface area contributed by atoms with Gasteiger partial charge in [-0.25, -0.2) is 0 Å². The minimum absolute atomic E-state index is 0.217. The van der Waals surface area contributed by atoms with Crippen molar-refractivity contribution in [2.75, 3.05) is 25.0 Å². The Morgan fingerprint density at radius 3 is 2.58 bits per heavy atom. The molecule has 3 aliphatic rings. The Bertz CT molecular complexity index is 425. The second-order valence-electron chi connectivity index (χ2n) is 6.05. The normalized spacial score (nSPS) is 29.5. The molecule has 0 saturated carbocycles. The molecule has 104 valence electrons. The van der Waals surface area contributed by atoms with Crippen molar-refractivity contribution < 1.29 is 4.74 Å². The monoisotopic (exact) mass is 260 g/mol. The SMILES string of the molecule is CC(C)Oc1ccccc1NC1CN2CCC1CC2. The molecule has 2 bridgehead atoms. The van der Waals surface area contributed by atoms with Crippen LogP contribution in [0.5, 0.6) is 5.75 Å². The van der Waals surface area contributed by atoms with Gasteiger partial charge in [-0.3, -0.25) is 0 Å². The van der Waals surface area contributed by atoms with Crippen LogP contribution >= 0.6 is 0 Å². The average molecular weight is 260 g/mol. The Labute approximate surface area is 115 Å². The van der Waals surface area contributed by atoms with Gasteiger partial charge in [0.25, 0.3) is 0 Å². The third-order valence-electron chi connectivity index (χ3n) is 4.25. The minimum Gasteiger partial charge on any atom is -0.489 e. The lowest BCUT2D eigenvalue weighted by atomic mass is 9.84. The highest BCUT2D eigenvalue weighted by Crippen LogP contribution is 2.32. The van der Waals surface area contributed by atoms with Gasteiger partial charge in [-0.15, -0.1) is 0 Å². The fourth-order valence-corrected chi connectivity index (χ4v) is 3.27. The van der Waals surface area contributed by atoms with E-state index in [9.17, 15) is 0 Å². The molecule has 0 amide bonds. The van der Waals surface area contributed by atoms with E-state index in [0.717, 1.165) is 17.4 Å². The van der Waals surface area contributed by atoms with E-state index in [1.165, 1.54) is 32.5 Å². The molecule has 3 saturated heterocycles. The van der Waals surface area contributed by atoms with E-state index in [2.05, 4.69) is 42.3 Å². The summed E-state index contributed by atoms with van der Waals surface area (Å²) in [5, 5.41) is 3.72. The summed E-state index contributed by atoms with van der Waals surface area (Å²) in [7, 11) is 0. The van der Waals surface area contributed by atoms with Crippen molar-refractivity contribution in [2.45, 2.75) is 38.8 Å². The molecule has 3 heterocycles. The maximum atomic E-state index is 5.89. The first-order valence-corrected chi connectivity index (χ1v) is 7.47. The van der Waals surface area contributed by atoms with Crippen molar-refractivity contribution in [2.24, 2.45) is 5.92 Å². The molecule has 3 heteroatoms. The number of hydrogen-bond donors (Lipinski definition) is 1. The van der Waals surface area contributed by atoms with Gasteiger partial charge < -0.3 is 15.0 Å². The highest BCUT2D eigenvalue weighted by atomic mass is 16.5. The van der Waals surface area contributed by atoms with Crippen LogP contribution in [0, 0.1) is 5.92 Å². The molecule has 0 aliphatic carbocycles. The molecular weight excluding hydrogens is 236 g/mol. The molecule has 0 spiro atoms. The topological polar surface area (TPSA) is 24.5 Å². The number of piperidine rings is 3. The number of hydrogen-bond acceptors (Lipinski definition) is 3. The number of anilines is 1. The Balaban J connectivity index is 1.72. The van der Waals surface area contributed by atoms with Crippen molar-refractivity contribution in [1.29, 1.82) is 0 Å². The second kappa shape index (κ2) is 5.41. The molecule has 3 nitrogen and oxygen atoms in total. The first-order valence-electron chi connectivity index (χ1n) is 7.47. The van der Waals surface area contributed by atoms with Crippen LogP contribution in [-0.4, -0.2) is 36.7 Å². The largest absolute Gasteiger partial charge is 0.489 e. The zero-order chi connectivity index (χ0) is 13.2. The standard InChI is InChI=1S/C16H24N2O/c1-12(2)19-16-6-4-3-5-14(16)17-15-11-18-9-7-13(15)8-10-18/h3-6,12-13,15,17H,7-11H2,1-2H3. The first kappa shape index (κ1) is 12.8. The van der Waals surface area contributed by atoms with Gasteiger partial charge in [0.05, 0.1) is 11.8 Å². The van der Waals surface area contributed by atoms with E-state index in [4.69, 9.17) is 4.74 Å². The molecule has 4 rings (SSSR count). The Morgan fingerprint density at radius 2 is 1.95 bits per heavy atom. The van der Waals surface area contributed by atoms with Gasteiger partial charge in [-0.05, 0) is 57.8 Å². The van der Waals surface area contributed by atoms with E-state index in [0.29, 0.717) is 6.04 Å². The van der Waals surface area contributed by atoms with Crippen LogP contribution in [0.3, 0.4) is 0 Å². The molecule has 1 unspecified atom stereocenters. The van der Waals surface area contributed by atoms with Crippen molar-refractivity contribution in [1.82, 2.24) is 4.90 Å². The van der Waals surface area contributed by atoms with E-state index in [1.807, 2.05) is 6.07 Å². The molecule has 1 aromatic carbocycles. The summed E-state index contributed by atoms with van der Waals surface area (Å²) < 4.78 is 5.89. The van der Waals surface area contributed by atoms with Crippen molar-refractivity contribution in [3.05, 3.63) is 24.3 Å². The quantitative estimate of drug-likeness (QED) is 0.900. The van der Waals surface area contributed by atoms with Crippen LogP contribution in [0.4, 0.5) is 5.69 Å². The molecule has 0 aromatic heterocycles. The number of nitrogens with zero attached hydrogens (tertiary/aromatic N) is 1. The van der Waals surface area contributed by atoms with Gasteiger partial charge >= 0.3 is 0 Å². The van der Waals surface area contributed by atoms with Crippen molar-refractivity contribution in [3.8, 4) is 5.75 Å². The zero-order valence-corrected chi connectivity index (χ0v) is 11.9. The number of ether oxygens (including phenoxy) is 1. The highest BCUT2D eigenvalue weighted by molar-refractivity contribution is 5.57. The smallest absolute Gasteiger partial charge is 0.142 e. The Kier molecular flexibility index (Phi) is 3.65. The van der Waals surface area contributed by atoms with Gasteiger partial charge in [0.1, 0.15) is 5.75 Å². The highest BCUT2D eigenvalue weighted by Gasteiger charge is 2.34. The number of benzene rings is 1. The number of rotatable bonds is 4. The van der Waals surface area contributed by atoms with Crippen LogP contribution in [-0.2, 0) is 0 Å². The fraction of sp³-hybridized carbons (Fsp3) is 0.625. The molecule has 0 radical (unpaired) electrons. The molecule has 3 aliphatic heterocycles. The lowest BCUT2D eigenvalue weighted by molar-refractivity contribution is 0.0973. The molecule has 1 aromatic rings. The zero-order valence-electron chi connectivity index (χ0n) is 11.9. The second-order valence-corrected chi connectivity index (χ2v) is 6.05. The predicted molar refractivity (Wildman–Crippen MR) is 78.8 cm³/mol. The van der Waals surface area contributed by atoms with Crippen LogP contribution < -0.4 is 10.1 Å². The number of fused-ring (bicyclic) bond motifs is 3. The van der Waals surface area contributed by atoms with Crippen LogP contribution in [0.25, 0.3) is 0 Å². The van der Waals surface area contributed by atoms with Crippen LogP contribution in [0.1, 0.15) is 26.7 Å². The van der Waals surface area contributed by atoms with E-state index in [1.54, 1.807) is 0 Å². The minimum atomic E-state index is 0.217. The predicted octanol–water partition coefficient (Wildman–Crippen LogP) is 2.98. The van der Waals surface area contributed by atoms with E-state index in [-0.39, 0.29) is 6.10 Å². The molecular formula is C16H24N2O. The molecule has 19 heavy (non-hydrogen) atoms. The molecule has 1 atom stereocenters. The third-order valence-corrected chi connectivity index (χ3v) is 4.25. The summed E-state index contributed by atoms with van der Waals surface area (Å²) in [6.07, 6.45) is 2.89. The summed E-state index contributed by atoms with van der Waals surface area (Å²) in [6, 6.07) is 8.90. The average Bonchev–Trinajstić information content (AvgIpc) is 2.42. The summed E-state index contributed by atoms with van der Waals surface area (Å²) in [6.45, 7) is 7.90. The van der Waals surface area contributed by atoms with Crippen molar-refractivity contribution >= 4 is 5.69 Å². The van der Waals surface area contributed by atoms with Gasteiger partial charge in [0.2, 0.25) is 0 Å². The molecule has 1 N–H and O–H groups in total. The first-order chi connectivity index (χ1) is 9.22. The van der Waals surface area contributed by atoms with Crippen LogP contribution in [0.2, 0.25) is 0 Å². The summed E-state index contributed by atoms with van der Waals surface area (Å²) in [5.74, 6) is 1.81. The van der Waals surface area contributed by atoms with Crippen molar-refractivity contribution in [3.63, 3.8) is 0 Å². The Morgan fingerprint density at radius 1 is 1.21 bits per heavy atom. The van der Waals surface area contributed by atoms with E-state index >= 15 is 0 Å². The number of nitrogens with one attached hydrogen (secondary N) is 1. The summed E-state index contributed by atoms with van der Waals surface area (Å²) in [5.41, 5.74) is 1.15. The van der Waals surface area contributed by atoms with E-state index < -0.39 is 0 Å². The van der Waals surface area contributed by atoms with Gasteiger partial charge in [-0.2, -0.15) is 0 Å².